The number of aromatic nitrogens is 3. The van der Waals surface area contributed by atoms with Gasteiger partial charge in [0.25, 0.3) is 5.91 Å². The largest absolute Gasteiger partial charge is 0.416 e. The molecule has 2 aromatic heterocycles. The highest BCUT2D eigenvalue weighted by molar-refractivity contribution is 7.91. The number of carbonyl (C=O) groups is 1. The highest BCUT2D eigenvalue weighted by Crippen LogP contribution is 2.36. The standard InChI is InChI=1S/C26H29F3N4O4S/c1-4-38(35,36)20-10-9-19(30-14-20)13-31-23(34)22-17(2)33(24(32-22)25(3)11-12-37-16-25)15-18-7-5-6-8-21(18)26(27,28)29/h5-10,14H,4,11-13,15-16H2,1-3H3,(H,31,34). The maximum absolute atomic E-state index is 13.7. The van der Waals surface area contributed by atoms with Gasteiger partial charge in [-0.2, -0.15) is 13.2 Å². The van der Waals surface area contributed by atoms with Gasteiger partial charge in [-0.25, -0.2) is 13.4 Å². The van der Waals surface area contributed by atoms with E-state index in [0.29, 0.717) is 36.8 Å². The van der Waals surface area contributed by atoms with Crippen molar-refractivity contribution in [2.75, 3.05) is 19.0 Å². The van der Waals surface area contributed by atoms with Crippen LogP contribution >= 0.6 is 0 Å². The second-order valence-corrected chi connectivity index (χ2v) is 11.8. The number of rotatable bonds is 8. The van der Waals surface area contributed by atoms with Gasteiger partial charge in [-0.1, -0.05) is 32.0 Å². The van der Waals surface area contributed by atoms with Crippen LogP contribution in [0.5, 0.6) is 0 Å². The number of halogens is 3. The Balaban J connectivity index is 1.63. The monoisotopic (exact) mass is 550 g/mol. The van der Waals surface area contributed by atoms with Crippen molar-refractivity contribution in [3.8, 4) is 0 Å². The van der Waals surface area contributed by atoms with Gasteiger partial charge in [-0.15, -0.1) is 0 Å². The molecule has 0 aliphatic carbocycles. The second kappa shape index (κ2) is 10.5. The molecule has 0 saturated carbocycles. The first kappa shape index (κ1) is 27.8. The normalized spacial score (nSPS) is 18.1. The third kappa shape index (κ3) is 5.60. The number of hydrogen-bond acceptors (Lipinski definition) is 6. The van der Waals surface area contributed by atoms with Gasteiger partial charge in [-0.05, 0) is 37.1 Å². The van der Waals surface area contributed by atoms with Gasteiger partial charge in [0.2, 0.25) is 0 Å². The number of ether oxygens (including phenoxy) is 1. The minimum atomic E-state index is -4.52. The Morgan fingerprint density at radius 2 is 1.95 bits per heavy atom. The van der Waals surface area contributed by atoms with Crippen molar-refractivity contribution in [2.24, 2.45) is 0 Å². The average Bonchev–Trinajstić information content (AvgIpc) is 3.47. The van der Waals surface area contributed by atoms with Crippen LogP contribution in [0.4, 0.5) is 13.2 Å². The summed E-state index contributed by atoms with van der Waals surface area (Å²) in [7, 11) is -3.39. The van der Waals surface area contributed by atoms with Gasteiger partial charge in [-0.3, -0.25) is 9.78 Å². The lowest BCUT2D eigenvalue weighted by molar-refractivity contribution is -0.138. The van der Waals surface area contributed by atoms with Crippen molar-refractivity contribution in [3.05, 3.63) is 76.6 Å². The summed E-state index contributed by atoms with van der Waals surface area (Å²) in [6, 6.07) is 8.31. The van der Waals surface area contributed by atoms with Crippen molar-refractivity contribution in [2.45, 2.75) is 56.8 Å². The number of sulfone groups is 1. The minimum Gasteiger partial charge on any atom is -0.380 e. The molecule has 1 saturated heterocycles. The molecule has 38 heavy (non-hydrogen) atoms. The topological polar surface area (TPSA) is 103 Å². The smallest absolute Gasteiger partial charge is 0.380 e. The molecule has 4 rings (SSSR count). The maximum atomic E-state index is 13.7. The van der Waals surface area contributed by atoms with Crippen molar-refractivity contribution in [1.82, 2.24) is 19.9 Å². The molecule has 1 atom stereocenters. The van der Waals surface area contributed by atoms with Crippen LogP contribution in [0.25, 0.3) is 0 Å². The van der Waals surface area contributed by atoms with E-state index in [0.717, 1.165) is 6.07 Å². The van der Waals surface area contributed by atoms with Gasteiger partial charge in [0, 0.05) is 25.0 Å². The number of benzene rings is 1. The molecule has 12 heteroatoms. The van der Waals surface area contributed by atoms with E-state index in [1.165, 1.54) is 30.5 Å². The molecular weight excluding hydrogens is 521 g/mol. The molecule has 1 N–H and O–H groups in total. The average molecular weight is 551 g/mol. The van der Waals surface area contributed by atoms with Crippen molar-refractivity contribution in [1.29, 1.82) is 0 Å². The molecule has 3 aromatic rings. The minimum absolute atomic E-state index is 0.0181. The predicted octanol–water partition coefficient (Wildman–Crippen LogP) is 4.06. The first-order chi connectivity index (χ1) is 17.9. The number of pyridine rings is 1. The number of alkyl halides is 3. The summed E-state index contributed by atoms with van der Waals surface area (Å²) >= 11 is 0. The molecule has 1 aromatic carbocycles. The Labute approximate surface area is 219 Å². The summed E-state index contributed by atoms with van der Waals surface area (Å²) in [4.78, 5) is 22.0. The lowest BCUT2D eigenvalue weighted by atomic mass is 9.89. The van der Waals surface area contributed by atoms with Crippen LogP contribution in [0.15, 0.2) is 47.5 Å². The van der Waals surface area contributed by atoms with Gasteiger partial charge in [0.1, 0.15) is 11.5 Å². The Morgan fingerprint density at radius 3 is 2.55 bits per heavy atom. The highest BCUT2D eigenvalue weighted by atomic mass is 32.2. The van der Waals surface area contributed by atoms with Crippen LogP contribution in [0.1, 0.15) is 59.1 Å². The zero-order valence-corrected chi connectivity index (χ0v) is 22.1. The van der Waals surface area contributed by atoms with Gasteiger partial charge < -0.3 is 14.6 Å². The van der Waals surface area contributed by atoms with Crippen LogP contribution in [-0.4, -0.2) is 47.8 Å². The van der Waals surface area contributed by atoms with Crippen LogP contribution < -0.4 is 5.32 Å². The Kier molecular flexibility index (Phi) is 7.67. The van der Waals surface area contributed by atoms with Gasteiger partial charge in [0.05, 0.1) is 40.5 Å². The number of imidazole rings is 1. The SMILES string of the molecule is CCS(=O)(=O)c1ccc(CNC(=O)c2nc(C3(C)CCOC3)n(Cc3ccccc3C(F)(F)F)c2C)nc1. The van der Waals surface area contributed by atoms with Crippen LogP contribution in [0, 0.1) is 6.92 Å². The molecule has 0 bridgehead atoms. The summed E-state index contributed by atoms with van der Waals surface area (Å²) in [6.45, 7) is 5.85. The lowest BCUT2D eigenvalue weighted by Crippen LogP contribution is -2.28. The molecule has 1 amide bonds. The molecule has 1 fully saturated rings. The third-order valence-corrected chi connectivity index (χ3v) is 8.53. The summed E-state index contributed by atoms with van der Waals surface area (Å²) < 4.78 is 72.3. The van der Waals surface area contributed by atoms with Crippen molar-refractivity contribution in [3.63, 3.8) is 0 Å². The first-order valence-corrected chi connectivity index (χ1v) is 13.8. The Bertz CT molecular complexity index is 1430. The van der Waals surface area contributed by atoms with Crippen LogP contribution in [0.3, 0.4) is 0 Å². The van der Waals surface area contributed by atoms with E-state index in [1.807, 2.05) is 6.92 Å². The number of hydrogen-bond donors (Lipinski definition) is 1. The number of nitrogens with zero attached hydrogens (tertiary/aromatic N) is 3. The van der Waals surface area contributed by atoms with Crippen LogP contribution in [-0.2, 0) is 39.3 Å². The summed E-state index contributed by atoms with van der Waals surface area (Å²) in [5.41, 5.74) is -0.262. The molecule has 1 aliphatic heterocycles. The molecule has 1 unspecified atom stereocenters. The maximum Gasteiger partial charge on any atom is 0.416 e. The van der Waals surface area contributed by atoms with E-state index in [1.54, 1.807) is 24.5 Å². The fraction of sp³-hybridized carbons (Fsp3) is 0.423. The second-order valence-electron chi connectivity index (χ2n) is 9.55. The van der Waals surface area contributed by atoms with Crippen molar-refractivity contribution >= 4 is 15.7 Å². The number of carbonyl (C=O) groups excluding carboxylic acids is 1. The van der Waals surface area contributed by atoms with Crippen LogP contribution in [0.2, 0.25) is 0 Å². The van der Waals surface area contributed by atoms with E-state index >= 15 is 0 Å². The predicted molar refractivity (Wildman–Crippen MR) is 133 cm³/mol. The van der Waals surface area contributed by atoms with E-state index in [-0.39, 0.29) is 35.0 Å². The third-order valence-electron chi connectivity index (χ3n) is 6.81. The molecule has 0 spiro atoms. The number of amides is 1. The molecule has 0 radical (unpaired) electrons. The van der Waals surface area contributed by atoms with E-state index in [4.69, 9.17) is 4.74 Å². The molecule has 3 heterocycles. The van der Waals surface area contributed by atoms with Gasteiger partial charge in [0.15, 0.2) is 9.84 Å². The zero-order valence-electron chi connectivity index (χ0n) is 21.3. The van der Waals surface area contributed by atoms with E-state index in [2.05, 4.69) is 15.3 Å². The summed E-state index contributed by atoms with van der Waals surface area (Å²) in [6.07, 6.45) is -2.66. The Morgan fingerprint density at radius 1 is 1.21 bits per heavy atom. The molecule has 8 nitrogen and oxygen atoms in total. The Hall–Kier alpha value is -3.25. The van der Waals surface area contributed by atoms with Crippen molar-refractivity contribution < 1.29 is 31.1 Å². The molecular formula is C26H29F3N4O4S. The van der Waals surface area contributed by atoms with E-state index in [9.17, 15) is 26.4 Å². The summed E-state index contributed by atoms with van der Waals surface area (Å²) in [5, 5.41) is 2.73. The fourth-order valence-corrected chi connectivity index (χ4v) is 5.29. The fourth-order valence-electron chi connectivity index (χ4n) is 4.47. The highest BCUT2D eigenvalue weighted by Gasteiger charge is 2.39. The first-order valence-electron chi connectivity index (χ1n) is 12.1. The molecule has 1 aliphatic rings. The lowest BCUT2D eigenvalue weighted by Gasteiger charge is -2.24. The molecule has 204 valence electrons. The quantitative estimate of drug-likeness (QED) is 0.454. The number of nitrogens with one attached hydrogen (secondary N) is 1. The van der Waals surface area contributed by atoms with E-state index < -0.39 is 32.9 Å². The summed E-state index contributed by atoms with van der Waals surface area (Å²) in [5.74, 6) is -0.0741. The zero-order chi connectivity index (χ0) is 27.7. The van der Waals surface area contributed by atoms with Gasteiger partial charge >= 0.3 is 6.18 Å².